The van der Waals surface area contributed by atoms with Gasteiger partial charge in [-0.05, 0) is 49.6 Å². The summed E-state index contributed by atoms with van der Waals surface area (Å²) >= 11 is 0. The van der Waals surface area contributed by atoms with Crippen LogP contribution < -0.4 is 10.2 Å². The SMILES string of the molecule is CCCOc1cccc(C2c3c(oc4ccc(C)cc4c3=O)C(=O)N2CCCOC)c1. The number of benzene rings is 2. The fraction of sp³-hybridized carbons (Fsp3) is 0.360. The van der Waals surface area contributed by atoms with Crippen LogP contribution >= 0.6 is 0 Å². The first-order chi connectivity index (χ1) is 15.0. The van der Waals surface area contributed by atoms with Crippen molar-refractivity contribution in [2.24, 2.45) is 0 Å². The van der Waals surface area contributed by atoms with Crippen LogP contribution in [0, 0.1) is 6.92 Å². The van der Waals surface area contributed by atoms with Gasteiger partial charge in [0, 0.05) is 20.3 Å². The van der Waals surface area contributed by atoms with E-state index in [0.29, 0.717) is 42.7 Å². The summed E-state index contributed by atoms with van der Waals surface area (Å²) in [5.74, 6) is 0.581. The van der Waals surface area contributed by atoms with Crippen LogP contribution in [-0.4, -0.2) is 37.7 Å². The van der Waals surface area contributed by atoms with E-state index >= 15 is 0 Å². The molecule has 0 N–H and O–H groups in total. The van der Waals surface area contributed by atoms with Crippen molar-refractivity contribution >= 4 is 16.9 Å². The first-order valence-electron chi connectivity index (χ1n) is 10.6. The fourth-order valence-electron chi connectivity index (χ4n) is 4.08. The van der Waals surface area contributed by atoms with Gasteiger partial charge in [-0.3, -0.25) is 9.59 Å². The summed E-state index contributed by atoms with van der Waals surface area (Å²) in [5, 5.41) is 0.494. The van der Waals surface area contributed by atoms with Gasteiger partial charge in [0.05, 0.1) is 23.6 Å². The number of hydrogen-bond acceptors (Lipinski definition) is 5. The fourth-order valence-corrected chi connectivity index (χ4v) is 4.08. The Bertz CT molecular complexity index is 1170. The highest BCUT2D eigenvalue weighted by molar-refractivity contribution is 5.99. The Morgan fingerprint density at radius 1 is 1.10 bits per heavy atom. The van der Waals surface area contributed by atoms with Crippen LogP contribution in [0.2, 0.25) is 0 Å². The smallest absolute Gasteiger partial charge is 0.290 e. The van der Waals surface area contributed by atoms with Crippen LogP contribution in [0.3, 0.4) is 0 Å². The van der Waals surface area contributed by atoms with E-state index in [-0.39, 0.29) is 17.1 Å². The number of ether oxygens (including phenoxy) is 2. The molecule has 0 saturated heterocycles. The molecule has 0 fully saturated rings. The third kappa shape index (κ3) is 3.95. The lowest BCUT2D eigenvalue weighted by Crippen LogP contribution is -2.31. The number of carbonyl (C=O) groups is 1. The summed E-state index contributed by atoms with van der Waals surface area (Å²) in [7, 11) is 1.63. The number of amides is 1. The van der Waals surface area contributed by atoms with E-state index in [1.807, 2.05) is 50.2 Å². The van der Waals surface area contributed by atoms with Crippen molar-refractivity contribution in [3.8, 4) is 5.75 Å². The van der Waals surface area contributed by atoms with Crippen molar-refractivity contribution in [2.75, 3.05) is 26.9 Å². The molecule has 0 saturated carbocycles. The van der Waals surface area contributed by atoms with Crippen LogP contribution in [-0.2, 0) is 4.74 Å². The summed E-state index contributed by atoms with van der Waals surface area (Å²) < 4.78 is 17.0. The zero-order valence-electron chi connectivity index (χ0n) is 18.1. The molecular weight excluding hydrogens is 394 g/mol. The quantitative estimate of drug-likeness (QED) is 0.502. The number of aryl methyl sites for hydroxylation is 1. The second kappa shape index (κ2) is 8.94. The van der Waals surface area contributed by atoms with Gasteiger partial charge in [-0.2, -0.15) is 0 Å². The predicted molar refractivity (Wildman–Crippen MR) is 119 cm³/mol. The summed E-state index contributed by atoms with van der Waals surface area (Å²) in [6.45, 7) is 5.56. The molecule has 31 heavy (non-hydrogen) atoms. The molecule has 0 radical (unpaired) electrons. The molecular formula is C25H27NO5. The minimum absolute atomic E-state index is 0.128. The predicted octanol–water partition coefficient (Wildman–Crippen LogP) is 4.47. The molecule has 1 unspecified atom stereocenters. The first kappa shape index (κ1) is 21.1. The number of rotatable bonds is 8. The summed E-state index contributed by atoms with van der Waals surface area (Å²) in [4.78, 5) is 28.6. The van der Waals surface area contributed by atoms with Crippen LogP contribution in [0.25, 0.3) is 11.0 Å². The maximum atomic E-state index is 13.5. The van der Waals surface area contributed by atoms with Crippen molar-refractivity contribution in [3.63, 3.8) is 0 Å². The van der Waals surface area contributed by atoms with E-state index in [1.165, 1.54) is 0 Å². The second-order valence-corrected chi connectivity index (χ2v) is 7.84. The lowest BCUT2D eigenvalue weighted by atomic mass is 9.98. The average molecular weight is 421 g/mol. The third-order valence-electron chi connectivity index (χ3n) is 5.52. The van der Waals surface area contributed by atoms with E-state index in [4.69, 9.17) is 13.9 Å². The number of fused-ring (bicyclic) bond motifs is 2. The molecule has 1 aromatic heterocycles. The highest BCUT2D eigenvalue weighted by atomic mass is 16.5. The molecule has 1 amide bonds. The highest BCUT2D eigenvalue weighted by Crippen LogP contribution is 2.39. The molecule has 1 atom stereocenters. The maximum Gasteiger partial charge on any atom is 0.290 e. The zero-order chi connectivity index (χ0) is 22.0. The normalized spacial score (nSPS) is 15.5. The summed E-state index contributed by atoms with van der Waals surface area (Å²) in [5.41, 5.74) is 2.46. The molecule has 0 aliphatic carbocycles. The van der Waals surface area contributed by atoms with Crippen LogP contribution in [0.5, 0.6) is 5.75 Å². The van der Waals surface area contributed by atoms with Gasteiger partial charge in [0.15, 0.2) is 5.43 Å². The molecule has 2 aromatic carbocycles. The Morgan fingerprint density at radius 3 is 2.71 bits per heavy atom. The van der Waals surface area contributed by atoms with Crippen molar-refractivity contribution in [1.29, 1.82) is 0 Å². The number of carbonyl (C=O) groups excluding carboxylic acids is 1. The van der Waals surface area contributed by atoms with Gasteiger partial charge in [-0.1, -0.05) is 30.7 Å². The highest BCUT2D eigenvalue weighted by Gasteiger charge is 2.42. The minimum Gasteiger partial charge on any atom is -0.494 e. The van der Waals surface area contributed by atoms with Crippen LogP contribution in [0.1, 0.15) is 53.1 Å². The maximum absolute atomic E-state index is 13.5. The Balaban J connectivity index is 1.87. The van der Waals surface area contributed by atoms with Gasteiger partial charge in [0.1, 0.15) is 11.3 Å². The number of nitrogens with zero attached hydrogens (tertiary/aromatic N) is 1. The zero-order valence-corrected chi connectivity index (χ0v) is 18.1. The van der Waals surface area contributed by atoms with E-state index in [9.17, 15) is 9.59 Å². The summed E-state index contributed by atoms with van der Waals surface area (Å²) in [6, 6.07) is 12.5. The van der Waals surface area contributed by atoms with Crippen LogP contribution in [0.15, 0.2) is 51.7 Å². The largest absolute Gasteiger partial charge is 0.494 e. The van der Waals surface area contributed by atoms with Crippen molar-refractivity contribution in [3.05, 3.63) is 75.1 Å². The van der Waals surface area contributed by atoms with Gasteiger partial charge in [-0.15, -0.1) is 0 Å². The molecule has 2 heterocycles. The Kier molecular flexibility index (Phi) is 6.09. The lowest BCUT2D eigenvalue weighted by Gasteiger charge is -2.25. The molecule has 1 aliphatic heterocycles. The first-order valence-corrected chi connectivity index (χ1v) is 10.6. The topological polar surface area (TPSA) is 69.0 Å². The molecule has 3 aromatic rings. The molecule has 0 spiro atoms. The average Bonchev–Trinajstić information content (AvgIpc) is 3.05. The number of hydrogen-bond donors (Lipinski definition) is 0. The summed E-state index contributed by atoms with van der Waals surface area (Å²) in [6.07, 6.45) is 1.55. The van der Waals surface area contributed by atoms with Crippen molar-refractivity contribution in [2.45, 2.75) is 32.7 Å². The molecule has 6 nitrogen and oxygen atoms in total. The van der Waals surface area contributed by atoms with Crippen molar-refractivity contribution < 1.29 is 18.7 Å². The number of methoxy groups -OCH3 is 1. The van der Waals surface area contributed by atoms with E-state index < -0.39 is 6.04 Å². The van der Waals surface area contributed by atoms with Gasteiger partial charge in [0.25, 0.3) is 5.91 Å². The van der Waals surface area contributed by atoms with Crippen LogP contribution in [0.4, 0.5) is 0 Å². The molecule has 162 valence electrons. The standard InChI is InChI=1S/C25H27NO5/c1-4-12-30-18-8-5-7-17(15-18)22-21-23(27)19-14-16(2)9-10-20(19)31-24(21)25(28)26(22)11-6-13-29-3/h5,7-10,14-15,22H,4,6,11-13H2,1-3H3. The third-order valence-corrected chi connectivity index (χ3v) is 5.52. The van der Waals surface area contributed by atoms with E-state index in [2.05, 4.69) is 0 Å². The van der Waals surface area contributed by atoms with Gasteiger partial charge < -0.3 is 18.8 Å². The lowest BCUT2D eigenvalue weighted by molar-refractivity contribution is 0.0707. The minimum atomic E-state index is -0.523. The van der Waals surface area contributed by atoms with Gasteiger partial charge in [0.2, 0.25) is 5.76 Å². The van der Waals surface area contributed by atoms with E-state index in [1.54, 1.807) is 18.1 Å². The Morgan fingerprint density at radius 2 is 1.94 bits per heavy atom. The molecule has 0 bridgehead atoms. The molecule has 1 aliphatic rings. The van der Waals surface area contributed by atoms with E-state index in [0.717, 1.165) is 23.3 Å². The molecule has 6 heteroatoms. The van der Waals surface area contributed by atoms with Gasteiger partial charge in [-0.25, -0.2) is 0 Å². The van der Waals surface area contributed by atoms with Gasteiger partial charge >= 0.3 is 0 Å². The monoisotopic (exact) mass is 421 g/mol. The Labute approximate surface area is 181 Å². The molecule has 4 rings (SSSR count). The second-order valence-electron chi connectivity index (χ2n) is 7.84. The Hall–Kier alpha value is -3.12. The van der Waals surface area contributed by atoms with Crippen molar-refractivity contribution in [1.82, 2.24) is 4.90 Å².